The first kappa shape index (κ1) is 18.7. The molecule has 2 atom stereocenters. The van der Waals surface area contributed by atoms with E-state index in [1.807, 2.05) is 29.2 Å². The van der Waals surface area contributed by atoms with Crippen LogP contribution in [0.2, 0.25) is 0 Å². The van der Waals surface area contributed by atoms with Crippen molar-refractivity contribution in [3.63, 3.8) is 0 Å². The number of likely N-dealkylation sites (tertiary alicyclic amines) is 2. The molecule has 0 spiro atoms. The summed E-state index contributed by atoms with van der Waals surface area (Å²) in [6.45, 7) is 1.84. The molecule has 2 aliphatic rings. The monoisotopic (exact) mass is 360 g/mol. The summed E-state index contributed by atoms with van der Waals surface area (Å²) in [5, 5.41) is 9.26. The summed E-state index contributed by atoms with van der Waals surface area (Å²) in [7, 11) is 1.62. The van der Waals surface area contributed by atoms with Gasteiger partial charge in [0.1, 0.15) is 5.75 Å². The number of aliphatic hydroxyl groups excluding tert-OH is 1. The number of aliphatic hydroxyl groups is 1. The highest BCUT2D eigenvalue weighted by atomic mass is 16.5. The molecule has 0 saturated carbocycles. The van der Waals surface area contributed by atoms with E-state index in [1.54, 1.807) is 12.0 Å². The lowest BCUT2D eigenvalue weighted by Gasteiger charge is -2.37. The van der Waals surface area contributed by atoms with E-state index in [0.29, 0.717) is 19.5 Å². The predicted octanol–water partition coefficient (Wildman–Crippen LogP) is 1.81. The minimum atomic E-state index is -0.264. The van der Waals surface area contributed by atoms with E-state index in [4.69, 9.17) is 4.74 Å². The molecular formula is C20H28N2O4. The maximum Gasteiger partial charge on any atom is 0.228 e. The summed E-state index contributed by atoms with van der Waals surface area (Å²) in [6, 6.07) is 7.77. The van der Waals surface area contributed by atoms with Gasteiger partial charge in [-0.2, -0.15) is 0 Å². The molecule has 1 aromatic carbocycles. The SMILES string of the molecule is COc1ccc(CN2CC(C(=O)N3CCCCC3CCO)CC2=O)cc1. The molecule has 2 fully saturated rings. The molecule has 3 rings (SSSR count). The first-order valence-electron chi connectivity index (χ1n) is 9.44. The van der Waals surface area contributed by atoms with Gasteiger partial charge in [-0.05, 0) is 43.4 Å². The molecule has 2 unspecified atom stereocenters. The zero-order chi connectivity index (χ0) is 18.5. The molecule has 0 bridgehead atoms. The van der Waals surface area contributed by atoms with E-state index in [1.165, 1.54) is 0 Å². The highest BCUT2D eigenvalue weighted by Gasteiger charge is 2.38. The van der Waals surface area contributed by atoms with Gasteiger partial charge in [0, 0.05) is 38.7 Å². The van der Waals surface area contributed by atoms with Crippen LogP contribution in [0.5, 0.6) is 5.75 Å². The number of methoxy groups -OCH3 is 1. The van der Waals surface area contributed by atoms with E-state index >= 15 is 0 Å². The second-order valence-corrected chi connectivity index (χ2v) is 7.22. The number of carbonyl (C=O) groups excluding carboxylic acids is 2. The van der Waals surface area contributed by atoms with E-state index < -0.39 is 0 Å². The summed E-state index contributed by atoms with van der Waals surface area (Å²) < 4.78 is 5.16. The van der Waals surface area contributed by atoms with Crippen LogP contribution >= 0.6 is 0 Å². The lowest BCUT2D eigenvalue weighted by molar-refractivity contribution is -0.139. The van der Waals surface area contributed by atoms with Crippen molar-refractivity contribution in [3.05, 3.63) is 29.8 Å². The van der Waals surface area contributed by atoms with Gasteiger partial charge in [0.05, 0.1) is 13.0 Å². The highest BCUT2D eigenvalue weighted by Crippen LogP contribution is 2.27. The topological polar surface area (TPSA) is 70.1 Å². The third kappa shape index (κ3) is 4.18. The van der Waals surface area contributed by atoms with Gasteiger partial charge in [-0.15, -0.1) is 0 Å². The number of hydrogen-bond donors (Lipinski definition) is 1. The summed E-state index contributed by atoms with van der Waals surface area (Å²) >= 11 is 0. The van der Waals surface area contributed by atoms with Gasteiger partial charge >= 0.3 is 0 Å². The largest absolute Gasteiger partial charge is 0.497 e. The van der Waals surface area contributed by atoms with Crippen LogP contribution in [0.4, 0.5) is 0 Å². The summed E-state index contributed by atoms with van der Waals surface area (Å²) in [6.07, 6.45) is 3.97. The van der Waals surface area contributed by atoms with Crippen molar-refractivity contribution in [2.75, 3.05) is 26.8 Å². The highest BCUT2D eigenvalue weighted by molar-refractivity contribution is 5.89. The molecule has 2 amide bonds. The Bertz CT molecular complexity index is 629. The summed E-state index contributed by atoms with van der Waals surface area (Å²) in [5.41, 5.74) is 1.03. The molecule has 0 aromatic heterocycles. The Morgan fingerprint density at radius 1 is 1.27 bits per heavy atom. The normalized spacial score (nSPS) is 23.4. The molecule has 2 heterocycles. The molecule has 0 aliphatic carbocycles. The van der Waals surface area contributed by atoms with Gasteiger partial charge in [-0.25, -0.2) is 0 Å². The number of carbonyl (C=O) groups is 2. The smallest absolute Gasteiger partial charge is 0.228 e. The van der Waals surface area contributed by atoms with Gasteiger partial charge < -0.3 is 19.6 Å². The second-order valence-electron chi connectivity index (χ2n) is 7.22. The number of hydrogen-bond acceptors (Lipinski definition) is 4. The number of nitrogens with zero attached hydrogens (tertiary/aromatic N) is 2. The molecule has 6 nitrogen and oxygen atoms in total. The molecule has 6 heteroatoms. The number of piperidine rings is 1. The molecule has 2 saturated heterocycles. The maximum atomic E-state index is 13.0. The van der Waals surface area contributed by atoms with Gasteiger partial charge in [-0.3, -0.25) is 9.59 Å². The van der Waals surface area contributed by atoms with Crippen LogP contribution in [0.3, 0.4) is 0 Å². The van der Waals surface area contributed by atoms with Crippen LogP contribution in [-0.4, -0.2) is 59.6 Å². The average Bonchev–Trinajstić information content (AvgIpc) is 3.03. The van der Waals surface area contributed by atoms with Crippen molar-refractivity contribution in [1.29, 1.82) is 0 Å². The van der Waals surface area contributed by atoms with Crippen LogP contribution < -0.4 is 4.74 Å². The molecule has 1 aromatic rings. The third-order valence-electron chi connectivity index (χ3n) is 5.47. The Kier molecular flexibility index (Phi) is 6.14. The molecule has 0 radical (unpaired) electrons. The van der Waals surface area contributed by atoms with Crippen LogP contribution in [-0.2, 0) is 16.1 Å². The van der Waals surface area contributed by atoms with Gasteiger partial charge in [0.15, 0.2) is 0 Å². The van der Waals surface area contributed by atoms with Crippen LogP contribution in [0.1, 0.15) is 37.7 Å². The first-order chi connectivity index (χ1) is 12.6. The predicted molar refractivity (Wildman–Crippen MR) is 97.6 cm³/mol. The molecule has 142 valence electrons. The second kappa shape index (κ2) is 8.54. The van der Waals surface area contributed by atoms with Crippen LogP contribution in [0.15, 0.2) is 24.3 Å². The maximum absolute atomic E-state index is 13.0. The Balaban J connectivity index is 1.61. The Hall–Kier alpha value is -2.08. The fraction of sp³-hybridized carbons (Fsp3) is 0.600. The van der Waals surface area contributed by atoms with E-state index in [9.17, 15) is 14.7 Å². The van der Waals surface area contributed by atoms with Gasteiger partial charge in [-0.1, -0.05) is 12.1 Å². The Morgan fingerprint density at radius 2 is 2.04 bits per heavy atom. The molecular weight excluding hydrogens is 332 g/mol. The number of amides is 2. The van der Waals surface area contributed by atoms with E-state index in [0.717, 1.165) is 37.1 Å². The zero-order valence-corrected chi connectivity index (χ0v) is 15.4. The number of ether oxygens (including phenoxy) is 1. The van der Waals surface area contributed by atoms with Crippen LogP contribution in [0, 0.1) is 5.92 Å². The summed E-state index contributed by atoms with van der Waals surface area (Å²) in [5.74, 6) is 0.637. The van der Waals surface area contributed by atoms with Crippen molar-refractivity contribution in [3.8, 4) is 5.75 Å². The van der Waals surface area contributed by atoms with Crippen molar-refractivity contribution >= 4 is 11.8 Å². The Labute approximate surface area is 154 Å². The van der Waals surface area contributed by atoms with Crippen molar-refractivity contribution in [2.24, 2.45) is 5.92 Å². The average molecular weight is 360 g/mol. The van der Waals surface area contributed by atoms with Crippen LogP contribution in [0.25, 0.3) is 0 Å². The minimum Gasteiger partial charge on any atom is -0.497 e. The lowest BCUT2D eigenvalue weighted by atomic mass is 9.96. The van der Waals surface area contributed by atoms with E-state index in [-0.39, 0.29) is 36.8 Å². The third-order valence-corrected chi connectivity index (χ3v) is 5.47. The summed E-state index contributed by atoms with van der Waals surface area (Å²) in [4.78, 5) is 29.0. The van der Waals surface area contributed by atoms with Crippen molar-refractivity contribution < 1.29 is 19.4 Å². The fourth-order valence-electron chi connectivity index (χ4n) is 4.02. The van der Waals surface area contributed by atoms with Gasteiger partial charge in [0.2, 0.25) is 11.8 Å². The number of rotatable bonds is 6. The molecule has 26 heavy (non-hydrogen) atoms. The minimum absolute atomic E-state index is 0.0369. The Morgan fingerprint density at radius 3 is 2.73 bits per heavy atom. The fourth-order valence-corrected chi connectivity index (χ4v) is 4.02. The molecule has 1 N–H and O–H groups in total. The first-order valence-corrected chi connectivity index (χ1v) is 9.44. The van der Waals surface area contributed by atoms with Crippen molar-refractivity contribution in [2.45, 2.75) is 44.7 Å². The van der Waals surface area contributed by atoms with Gasteiger partial charge in [0.25, 0.3) is 0 Å². The standard InChI is InChI=1S/C20H28N2O4/c1-26-18-7-5-15(6-8-18)13-21-14-16(12-19(21)24)20(25)22-10-3-2-4-17(22)9-11-23/h5-8,16-17,23H,2-4,9-14H2,1H3. The number of benzene rings is 1. The quantitative estimate of drug-likeness (QED) is 0.840. The molecule has 2 aliphatic heterocycles. The van der Waals surface area contributed by atoms with Crippen molar-refractivity contribution in [1.82, 2.24) is 9.80 Å². The van der Waals surface area contributed by atoms with E-state index in [2.05, 4.69) is 0 Å². The zero-order valence-electron chi connectivity index (χ0n) is 15.4. The lowest BCUT2D eigenvalue weighted by Crippen LogP contribution is -2.47.